The smallest absolute Gasteiger partial charge is 0.315 e. The first kappa shape index (κ1) is 15.9. The first-order valence-electron chi connectivity index (χ1n) is 7.94. The molecule has 122 valence electrons. The van der Waals surface area contributed by atoms with E-state index in [9.17, 15) is 4.79 Å². The molecule has 24 heavy (non-hydrogen) atoms. The Bertz CT molecular complexity index is 765. The fourth-order valence-corrected chi connectivity index (χ4v) is 2.51. The average molecular weight is 320 g/mol. The second kappa shape index (κ2) is 7.51. The van der Waals surface area contributed by atoms with Crippen molar-refractivity contribution in [1.29, 1.82) is 0 Å². The Morgan fingerprint density at radius 2 is 1.67 bits per heavy atom. The van der Waals surface area contributed by atoms with Crippen LogP contribution in [0.15, 0.2) is 77.4 Å². The zero-order chi connectivity index (χ0) is 16.8. The summed E-state index contributed by atoms with van der Waals surface area (Å²) in [6.07, 6.45) is 1.59. The lowest BCUT2D eigenvalue weighted by molar-refractivity contribution is 0.236. The summed E-state index contributed by atoms with van der Waals surface area (Å²) in [7, 11) is 0. The van der Waals surface area contributed by atoms with Gasteiger partial charge < -0.3 is 15.1 Å². The van der Waals surface area contributed by atoms with E-state index in [0.29, 0.717) is 6.54 Å². The van der Waals surface area contributed by atoms with E-state index in [1.165, 1.54) is 5.56 Å². The van der Waals surface area contributed by atoms with Crippen molar-refractivity contribution in [2.24, 2.45) is 0 Å². The molecular weight excluding hydrogens is 300 g/mol. The van der Waals surface area contributed by atoms with Crippen molar-refractivity contribution >= 4 is 6.03 Å². The minimum Gasteiger partial charge on any atom is -0.467 e. The highest BCUT2D eigenvalue weighted by molar-refractivity contribution is 5.74. The van der Waals surface area contributed by atoms with Crippen molar-refractivity contribution < 1.29 is 9.21 Å². The van der Waals surface area contributed by atoms with Crippen LogP contribution in [0.3, 0.4) is 0 Å². The predicted molar refractivity (Wildman–Crippen MR) is 94.4 cm³/mol. The second-order valence-corrected chi connectivity index (χ2v) is 5.62. The summed E-state index contributed by atoms with van der Waals surface area (Å²) in [5.41, 5.74) is 3.40. The van der Waals surface area contributed by atoms with E-state index in [4.69, 9.17) is 4.42 Å². The molecule has 1 heterocycles. The van der Waals surface area contributed by atoms with Crippen molar-refractivity contribution in [3.05, 3.63) is 84.3 Å². The largest absolute Gasteiger partial charge is 0.467 e. The Morgan fingerprint density at radius 1 is 0.958 bits per heavy atom. The Kier molecular flexibility index (Phi) is 4.96. The average Bonchev–Trinajstić information content (AvgIpc) is 3.14. The molecule has 3 rings (SSSR count). The number of hydrogen-bond acceptors (Lipinski definition) is 2. The Labute approximate surface area is 141 Å². The van der Waals surface area contributed by atoms with Crippen LogP contribution in [0.25, 0.3) is 11.1 Å². The predicted octanol–water partition coefficient (Wildman–Crippen LogP) is 4.51. The van der Waals surface area contributed by atoms with E-state index in [1.807, 2.05) is 43.3 Å². The normalized spacial score (nSPS) is 11.7. The molecule has 0 radical (unpaired) electrons. The molecule has 0 fully saturated rings. The molecule has 0 aliphatic carbocycles. The lowest BCUT2D eigenvalue weighted by Gasteiger charge is -2.15. The number of benzene rings is 2. The van der Waals surface area contributed by atoms with Crippen molar-refractivity contribution in [2.75, 3.05) is 0 Å². The maximum absolute atomic E-state index is 11.9. The number of hydrogen-bond donors (Lipinski definition) is 2. The highest BCUT2D eigenvalue weighted by Crippen LogP contribution is 2.21. The van der Waals surface area contributed by atoms with Crippen molar-refractivity contribution in [1.82, 2.24) is 10.6 Å². The summed E-state index contributed by atoms with van der Waals surface area (Å²) in [6, 6.07) is 21.8. The molecule has 0 saturated carbocycles. The van der Waals surface area contributed by atoms with Crippen LogP contribution in [-0.4, -0.2) is 6.03 Å². The molecule has 1 atom stereocenters. The molecule has 4 heteroatoms. The Hall–Kier alpha value is -3.01. The van der Waals surface area contributed by atoms with Gasteiger partial charge in [0.05, 0.1) is 18.8 Å². The van der Waals surface area contributed by atoms with Crippen molar-refractivity contribution in [3.63, 3.8) is 0 Å². The quantitative estimate of drug-likeness (QED) is 0.727. The highest BCUT2D eigenvalue weighted by Gasteiger charge is 2.10. The van der Waals surface area contributed by atoms with Crippen molar-refractivity contribution in [2.45, 2.75) is 19.5 Å². The maximum atomic E-state index is 11.9. The number of nitrogens with one attached hydrogen (secondary N) is 2. The number of carbonyl (C=O) groups is 1. The van der Waals surface area contributed by atoms with Crippen LogP contribution in [0.4, 0.5) is 4.79 Å². The van der Waals surface area contributed by atoms with Crippen molar-refractivity contribution in [3.8, 4) is 11.1 Å². The number of rotatable bonds is 5. The second-order valence-electron chi connectivity index (χ2n) is 5.62. The summed E-state index contributed by atoms with van der Waals surface area (Å²) in [5, 5.41) is 5.71. The zero-order valence-corrected chi connectivity index (χ0v) is 13.5. The molecule has 2 aromatic carbocycles. The summed E-state index contributed by atoms with van der Waals surface area (Å²) in [5.74, 6) is 0.727. The highest BCUT2D eigenvalue weighted by atomic mass is 16.3. The minimum atomic E-state index is -0.217. The summed E-state index contributed by atoms with van der Waals surface area (Å²) in [4.78, 5) is 11.9. The van der Waals surface area contributed by atoms with Gasteiger partial charge in [-0.3, -0.25) is 0 Å². The SMILES string of the molecule is CC(NC(=O)NCc1ccco1)c1ccc(-c2ccccc2)cc1. The van der Waals surface area contributed by atoms with E-state index in [1.54, 1.807) is 12.3 Å². The molecule has 2 N–H and O–H groups in total. The van der Waals surface area contributed by atoms with Crippen LogP contribution in [0.1, 0.15) is 24.3 Å². The monoisotopic (exact) mass is 320 g/mol. The van der Waals surface area contributed by atoms with Gasteiger partial charge in [-0.2, -0.15) is 0 Å². The third-order valence-corrected chi connectivity index (χ3v) is 3.87. The van der Waals surface area contributed by atoms with E-state index in [2.05, 4.69) is 34.9 Å². The summed E-state index contributed by atoms with van der Waals surface area (Å²) < 4.78 is 5.19. The number of urea groups is 1. The molecule has 0 spiro atoms. The maximum Gasteiger partial charge on any atom is 0.315 e. The molecule has 0 aliphatic rings. The zero-order valence-electron chi connectivity index (χ0n) is 13.5. The molecule has 4 nitrogen and oxygen atoms in total. The lowest BCUT2D eigenvalue weighted by atomic mass is 10.0. The third-order valence-electron chi connectivity index (χ3n) is 3.87. The van der Waals surface area contributed by atoms with Gasteiger partial charge in [0.1, 0.15) is 5.76 Å². The number of carbonyl (C=O) groups excluding carboxylic acids is 1. The first-order chi connectivity index (χ1) is 11.7. The molecular formula is C20H20N2O2. The van der Waals surface area contributed by atoms with Crippen LogP contribution >= 0.6 is 0 Å². The molecule has 0 bridgehead atoms. The standard InChI is InChI=1S/C20H20N2O2/c1-15(22-20(23)21-14-19-8-5-13-24-19)16-9-11-18(12-10-16)17-6-3-2-4-7-17/h2-13,15H,14H2,1H3,(H2,21,22,23). The van der Waals surface area contributed by atoms with Gasteiger partial charge in [-0.25, -0.2) is 4.79 Å². The Morgan fingerprint density at radius 3 is 2.33 bits per heavy atom. The molecule has 0 saturated heterocycles. The lowest BCUT2D eigenvalue weighted by Crippen LogP contribution is -2.36. The van der Waals surface area contributed by atoms with Crippen LogP contribution < -0.4 is 10.6 Å². The molecule has 0 aliphatic heterocycles. The van der Waals surface area contributed by atoms with Crippen LogP contribution in [0.2, 0.25) is 0 Å². The van der Waals surface area contributed by atoms with Gasteiger partial charge in [0.2, 0.25) is 0 Å². The first-order valence-corrected chi connectivity index (χ1v) is 7.94. The summed E-state index contributed by atoms with van der Waals surface area (Å²) >= 11 is 0. The van der Waals surface area contributed by atoms with Gasteiger partial charge >= 0.3 is 6.03 Å². The van der Waals surface area contributed by atoms with Gasteiger partial charge in [-0.15, -0.1) is 0 Å². The van der Waals surface area contributed by atoms with E-state index >= 15 is 0 Å². The van der Waals surface area contributed by atoms with Crippen LogP contribution in [-0.2, 0) is 6.54 Å². The molecule has 3 aromatic rings. The molecule has 1 unspecified atom stereocenters. The van der Waals surface area contributed by atoms with Crippen LogP contribution in [0, 0.1) is 0 Å². The minimum absolute atomic E-state index is 0.0774. The molecule has 1 aromatic heterocycles. The van der Waals surface area contributed by atoms with Gasteiger partial charge in [0.15, 0.2) is 0 Å². The number of amides is 2. The van der Waals surface area contributed by atoms with Gasteiger partial charge in [0, 0.05) is 0 Å². The van der Waals surface area contributed by atoms with E-state index in [0.717, 1.165) is 16.9 Å². The van der Waals surface area contributed by atoms with E-state index in [-0.39, 0.29) is 12.1 Å². The molecule has 2 amide bonds. The number of furan rings is 1. The Balaban J connectivity index is 1.56. The third kappa shape index (κ3) is 4.04. The topological polar surface area (TPSA) is 54.3 Å². The van der Waals surface area contributed by atoms with Gasteiger partial charge in [-0.05, 0) is 35.7 Å². The fraction of sp³-hybridized carbons (Fsp3) is 0.150. The fourth-order valence-electron chi connectivity index (χ4n) is 2.51. The van der Waals surface area contributed by atoms with Gasteiger partial charge in [0.25, 0.3) is 0 Å². The van der Waals surface area contributed by atoms with E-state index < -0.39 is 0 Å². The van der Waals surface area contributed by atoms with Crippen LogP contribution in [0.5, 0.6) is 0 Å². The summed E-state index contributed by atoms with van der Waals surface area (Å²) in [6.45, 7) is 2.34. The van der Waals surface area contributed by atoms with Gasteiger partial charge in [-0.1, -0.05) is 54.6 Å².